The Bertz CT molecular complexity index is 520. The Morgan fingerprint density at radius 2 is 1.95 bits per heavy atom. The van der Waals surface area contributed by atoms with E-state index in [-0.39, 0.29) is 31.1 Å². The summed E-state index contributed by atoms with van der Waals surface area (Å²) in [4.78, 5) is 34.4. The Balaban J connectivity index is 1.86. The van der Waals surface area contributed by atoms with Crippen molar-refractivity contribution in [3.05, 3.63) is 35.9 Å². The number of hydrogen-bond acceptors (Lipinski definition) is 5. The zero-order chi connectivity index (χ0) is 15.2. The molecule has 0 heterocycles. The minimum Gasteiger partial charge on any atom is -0.467 e. The van der Waals surface area contributed by atoms with Gasteiger partial charge in [-0.1, -0.05) is 30.3 Å². The minimum atomic E-state index is -0.837. The Morgan fingerprint density at radius 1 is 1.29 bits per heavy atom. The van der Waals surface area contributed by atoms with Crippen LogP contribution in [0.5, 0.6) is 0 Å². The van der Waals surface area contributed by atoms with E-state index in [9.17, 15) is 14.4 Å². The van der Waals surface area contributed by atoms with E-state index in [0.717, 1.165) is 5.56 Å². The summed E-state index contributed by atoms with van der Waals surface area (Å²) >= 11 is 0. The Morgan fingerprint density at radius 3 is 2.52 bits per heavy atom. The second kappa shape index (κ2) is 6.88. The summed E-state index contributed by atoms with van der Waals surface area (Å²) in [6.45, 7) is 0.115. The molecule has 1 fully saturated rings. The van der Waals surface area contributed by atoms with Crippen molar-refractivity contribution in [1.82, 2.24) is 5.32 Å². The summed E-state index contributed by atoms with van der Waals surface area (Å²) in [6.07, 6.45) is -0.147. The van der Waals surface area contributed by atoms with Crippen molar-refractivity contribution in [3.63, 3.8) is 0 Å². The van der Waals surface area contributed by atoms with Gasteiger partial charge in [0.1, 0.15) is 18.4 Å². The molecule has 0 aromatic heterocycles. The van der Waals surface area contributed by atoms with Gasteiger partial charge in [-0.2, -0.15) is 0 Å². The first kappa shape index (κ1) is 15.0. The van der Waals surface area contributed by atoms with Crippen LogP contribution in [-0.2, 0) is 25.7 Å². The number of alkyl carbamates (subject to hydrolysis) is 1. The van der Waals surface area contributed by atoms with Crippen LogP contribution in [0.2, 0.25) is 0 Å². The van der Waals surface area contributed by atoms with Crippen LogP contribution < -0.4 is 5.32 Å². The van der Waals surface area contributed by atoms with Gasteiger partial charge < -0.3 is 14.8 Å². The van der Waals surface area contributed by atoms with E-state index >= 15 is 0 Å². The molecule has 0 spiro atoms. The molecule has 1 aromatic rings. The monoisotopic (exact) mass is 291 g/mol. The Labute approximate surface area is 122 Å². The molecule has 112 valence electrons. The fourth-order valence-corrected chi connectivity index (χ4v) is 2.15. The molecule has 0 saturated heterocycles. The number of nitrogens with one attached hydrogen (secondary N) is 1. The smallest absolute Gasteiger partial charge is 0.408 e. The van der Waals surface area contributed by atoms with E-state index in [1.165, 1.54) is 7.11 Å². The van der Waals surface area contributed by atoms with Crippen LogP contribution in [0.3, 0.4) is 0 Å². The lowest BCUT2D eigenvalue weighted by molar-refractivity contribution is -0.146. The fourth-order valence-electron chi connectivity index (χ4n) is 2.15. The summed E-state index contributed by atoms with van der Waals surface area (Å²) < 4.78 is 9.70. The number of carbonyl (C=O) groups excluding carboxylic acids is 3. The average Bonchev–Trinajstić information content (AvgIpc) is 2.48. The molecule has 6 heteroatoms. The highest BCUT2D eigenvalue weighted by atomic mass is 16.6. The van der Waals surface area contributed by atoms with Gasteiger partial charge in [0.25, 0.3) is 0 Å². The van der Waals surface area contributed by atoms with Gasteiger partial charge in [-0.25, -0.2) is 9.59 Å². The van der Waals surface area contributed by atoms with E-state index < -0.39 is 18.1 Å². The van der Waals surface area contributed by atoms with Crippen molar-refractivity contribution in [2.75, 3.05) is 7.11 Å². The second-order valence-corrected chi connectivity index (χ2v) is 4.91. The van der Waals surface area contributed by atoms with Crippen molar-refractivity contribution in [2.45, 2.75) is 25.5 Å². The average molecular weight is 291 g/mol. The lowest BCUT2D eigenvalue weighted by Gasteiger charge is -2.30. The molecular weight excluding hydrogens is 274 g/mol. The maximum absolute atomic E-state index is 11.7. The molecule has 1 unspecified atom stereocenters. The molecule has 0 bridgehead atoms. The quantitative estimate of drug-likeness (QED) is 0.830. The maximum Gasteiger partial charge on any atom is 0.408 e. The number of methoxy groups -OCH3 is 1. The van der Waals surface area contributed by atoms with Gasteiger partial charge in [-0.3, -0.25) is 4.79 Å². The molecule has 1 aromatic carbocycles. The van der Waals surface area contributed by atoms with Crippen molar-refractivity contribution < 1.29 is 23.9 Å². The van der Waals surface area contributed by atoms with Crippen LogP contribution in [0.25, 0.3) is 0 Å². The summed E-state index contributed by atoms with van der Waals surface area (Å²) in [7, 11) is 1.24. The number of ketones is 1. The molecule has 1 amide bonds. The van der Waals surface area contributed by atoms with Crippen molar-refractivity contribution in [2.24, 2.45) is 5.92 Å². The van der Waals surface area contributed by atoms with E-state index in [0.29, 0.717) is 0 Å². The third-order valence-electron chi connectivity index (χ3n) is 3.39. The van der Waals surface area contributed by atoms with Gasteiger partial charge in [-0.15, -0.1) is 0 Å². The van der Waals surface area contributed by atoms with Gasteiger partial charge in [0.2, 0.25) is 0 Å². The molecule has 1 atom stereocenters. The largest absolute Gasteiger partial charge is 0.467 e. The highest BCUT2D eigenvalue weighted by Crippen LogP contribution is 2.27. The van der Waals surface area contributed by atoms with E-state index in [1.807, 2.05) is 30.3 Å². The molecule has 6 nitrogen and oxygen atoms in total. The van der Waals surface area contributed by atoms with Crippen LogP contribution in [0.1, 0.15) is 18.4 Å². The lowest BCUT2D eigenvalue weighted by atomic mass is 9.78. The number of carbonyl (C=O) groups is 3. The Hall–Kier alpha value is -2.37. The third-order valence-corrected chi connectivity index (χ3v) is 3.39. The zero-order valence-corrected chi connectivity index (χ0v) is 11.7. The molecule has 1 aliphatic rings. The van der Waals surface area contributed by atoms with Crippen molar-refractivity contribution in [1.29, 1.82) is 0 Å². The highest BCUT2D eigenvalue weighted by Gasteiger charge is 2.39. The minimum absolute atomic E-state index is 0.0772. The van der Waals surface area contributed by atoms with Gasteiger partial charge in [-0.05, 0) is 5.56 Å². The van der Waals surface area contributed by atoms with Gasteiger partial charge in [0, 0.05) is 18.8 Å². The summed E-state index contributed by atoms with van der Waals surface area (Å²) in [5.74, 6) is -0.702. The van der Waals surface area contributed by atoms with E-state index in [1.54, 1.807) is 0 Å². The standard InChI is InChI=1S/C15H17NO5/c1-20-14(18)13(11-7-12(17)8-11)16-15(19)21-9-10-5-3-2-4-6-10/h2-6,11,13H,7-9H2,1H3,(H,16,19). The van der Waals surface area contributed by atoms with Gasteiger partial charge >= 0.3 is 12.1 Å². The molecule has 0 radical (unpaired) electrons. The molecule has 2 rings (SSSR count). The van der Waals surface area contributed by atoms with Crippen LogP contribution in [0.15, 0.2) is 30.3 Å². The normalized spacial score (nSPS) is 15.8. The summed E-state index contributed by atoms with van der Waals surface area (Å²) in [5, 5.41) is 2.47. The number of hydrogen-bond donors (Lipinski definition) is 1. The molecule has 1 aliphatic carbocycles. The van der Waals surface area contributed by atoms with E-state index in [4.69, 9.17) is 4.74 Å². The van der Waals surface area contributed by atoms with Crippen LogP contribution in [0.4, 0.5) is 4.79 Å². The zero-order valence-electron chi connectivity index (χ0n) is 11.7. The SMILES string of the molecule is COC(=O)C(NC(=O)OCc1ccccc1)C1CC(=O)C1. The molecule has 0 aliphatic heterocycles. The van der Waals surface area contributed by atoms with Crippen molar-refractivity contribution in [3.8, 4) is 0 Å². The number of benzene rings is 1. The summed E-state index contributed by atoms with van der Waals surface area (Å²) in [5.41, 5.74) is 0.848. The van der Waals surface area contributed by atoms with Gasteiger partial charge in [0.05, 0.1) is 7.11 Å². The van der Waals surface area contributed by atoms with Crippen LogP contribution in [-0.4, -0.2) is 31.0 Å². The first-order valence-corrected chi connectivity index (χ1v) is 6.67. The third kappa shape index (κ3) is 4.05. The number of esters is 1. The first-order chi connectivity index (χ1) is 10.1. The molecule has 21 heavy (non-hydrogen) atoms. The molecular formula is C15H17NO5. The number of ether oxygens (including phenoxy) is 2. The number of Topliss-reactive ketones (excluding diaryl/α,β-unsaturated/α-hetero) is 1. The topological polar surface area (TPSA) is 81.7 Å². The number of rotatable bonds is 5. The van der Waals surface area contributed by atoms with Crippen LogP contribution in [0, 0.1) is 5.92 Å². The van der Waals surface area contributed by atoms with E-state index in [2.05, 4.69) is 10.1 Å². The van der Waals surface area contributed by atoms with Crippen molar-refractivity contribution >= 4 is 17.8 Å². The predicted octanol–water partition coefficient (Wildman–Crippen LogP) is 1.43. The molecule has 1 N–H and O–H groups in total. The van der Waals surface area contributed by atoms with Crippen LogP contribution >= 0.6 is 0 Å². The fraction of sp³-hybridized carbons (Fsp3) is 0.400. The van der Waals surface area contributed by atoms with Gasteiger partial charge in [0.15, 0.2) is 0 Å². The maximum atomic E-state index is 11.7. The lowest BCUT2D eigenvalue weighted by Crippen LogP contribution is -2.50. The summed E-state index contributed by atoms with van der Waals surface area (Å²) in [6, 6.07) is 8.37. The second-order valence-electron chi connectivity index (χ2n) is 4.91. The first-order valence-electron chi connectivity index (χ1n) is 6.67. The highest BCUT2D eigenvalue weighted by molar-refractivity contribution is 5.89. The molecule has 1 saturated carbocycles. The number of amides is 1. The predicted molar refractivity (Wildman–Crippen MR) is 73.3 cm³/mol. The Kier molecular flexibility index (Phi) is 4.92.